The summed E-state index contributed by atoms with van der Waals surface area (Å²) in [4.78, 5) is 11.1. The van der Waals surface area contributed by atoms with Gasteiger partial charge in [-0.1, -0.05) is 38.1 Å². The zero-order chi connectivity index (χ0) is 15.0. The van der Waals surface area contributed by atoms with Crippen LogP contribution >= 0.6 is 0 Å². The minimum atomic E-state index is -0.0546. The van der Waals surface area contributed by atoms with E-state index in [-0.39, 0.29) is 6.04 Å². The molecule has 0 amide bonds. The Hall–Kier alpha value is -1.94. The molecule has 0 spiro atoms. The Kier molecular flexibility index (Phi) is 6.67. The highest BCUT2D eigenvalue weighted by Gasteiger charge is 2.15. The monoisotopic (exact) mass is 273 g/mol. The number of nitrogens with one attached hydrogen (secondary N) is 2. The molecule has 4 heteroatoms. The molecule has 0 saturated heterocycles. The fourth-order valence-electron chi connectivity index (χ4n) is 2.01. The van der Waals surface area contributed by atoms with E-state index >= 15 is 0 Å². The van der Waals surface area contributed by atoms with Gasteiger partial charge in [-0.25, -0.2) is 0 Å². The topological polar surface area (TPSA) is 79.0 Å². The molecule has 1 aromatic carbocycles. The first-order valence-corrected chi connectivity index (χ1v) is 6.81. The second-order valence-electron chi connectivity index (χ2n) is 5.19. The van der Waals surface area contributed by atoms with Crippen molar-refractivity contribution < 1.29 is 4.79 Å². The molecule has 0 fully saturated rings. The SMILES string of the molecule is CC(C)CN[C@@H](Cc1ccccc1C=O)/C(C=N)=C/N. The summed E-state index contributed by atoms with van der Waals surface area (Å²) in [5.74, 6) is 0.503. The van der Waals surface area contributed by atoms with Crippen LogP contribution in [0.5, 0.6) is 0 Å². The number of carbonyl (C=O) groups excluding carboxylic acids is 1. The number of hydrogen-bond donors (Lipinski definition) is 3. The van der Waals surface area contributed by atoms with Gasteiger partial charge in [-0.15, -0.1) is 0 Å². The number of aldehydes is 1. The molecule has 0 unspecified atom stereocenters. The van der Waals surface area contributed by atoms with E-state index in [1.54, 1.807) is 6.07 Å². The third-order valence-electron chi connectivity index (χ3n) is 3.14. The molecular formula is C16H23N3O. The Bertz CT molecular complexity index is 480. The smallest absolute Gasteiger partial charge is 0.150 e. The number of benzene rings is 1. The van der Waals surface area contributed by atoms with E-state index in [4.69, 9.17) is 11.1 Å². The molecule has 0 aliphatic rings. The van der Waals surface area contributed by atoms with Crippen molar-refractivity contribution in [3.8, 4) is 0 Å². The minimum absolute atomic E-state index is 0.0546. The fourth-order valence-corrected chi connectivity index (χ4v) is 2.01. The van der Waals surface area contributed by atoms with E-state index in [9.17, 15) is 4.79 Å². The Labute approximate surface area is 120 Å². The summed E-state index contributed by atoms with van der Waals surface area (Å²) >= 11 is 0. The van der Waals surface area contributed by atoms with Gasteiger partial charge in [-0.3, -0.25) is 4.79 Å². The molecule has 0 aliphatic carbocycles. The highest BCUT2D eigenvalue weighted by Crippen LogP contribution is 2.13. The van der Waals surface area contributed by atoms with Crippen molar-refractivity contribution >= 4 is 12.5 Å². The average molecular weight is 273 g/mol. The first-order valence-electron chi connectivity index (χ1n) is 6.81. The summed E-state index contributed by atoms with van der Waals surface area (Å²) in [7, 11) is 0. The number of hydrogen-bond acceptors (Lipinski definition) is 4. The zero-order valence-corrected chi connectivity index (χ0v) is 12.1. The Morgan fingerprint density at radius 2 is 2.10 bits per heavy atom. The summed E-state index contributed by atoms with van der Waals surface area (Å²) in [6.07, 6.45) is 4.22. The minimum Gasteiger partial charge on any atom is -0.404 e. The number of nitrogens with two attached hydrogens (primary N) is 1. The summed E-state index contributed by atoms with van der Waals surface area (Å²) in [6.45, 7) is 5.08. The van der Waals surface area contributed by atoms with Crippen LogP contribution in [0, 0.1) is 11.3 Å². The summed E-state index contributed by atoms with van der Waals surface area (Å²) < 4.78 is 0. The summed E-state index contributed by atoms with van der Waals surface area (Å²) in [5, 5.41) is 10.9. The Balaban J connectivity index is 2.93. The Morgan fingerprint density at radius 1 is 1.40 bits per heavy atom. The van der Waals surface area contributed by atoms with Crippen LogP contribution in [0.15, 0.2) is 36.0 Å². The van der Waals surface area contributed by atoms with Crippen LogP contribution < -0.4 is 11.1 Å². The van der Waals surface area contributed by atoms with E-state index in [1.165, 1.54) is 12.4 Å². The lowest BCUT2D eigenvalue weighted by atomic mass is 9.96. The van der Waals surface area contributed by atoms with Crippen molar-refractivity contribution in [2.24, 2.45) is 11.7 Å². The maximum Gasteiger partial charge on any atom is 0.150 e. The van der Waals surface area contributed by atoms with E-state index < -0.39 is 0 Å². The van der Waals surface area contributed by atoms with Crippen LogP contribution in [0.4, 0.5) is 0 Å². The molecule has 0 aromatic heterocycles. The van der Waals surface area contributed by atoms with Crippen LogP contribution in [0.1, 0.15) is 29.8 Å². The van der Waals surface area contributed by atoms with Gasteiger partial charge in [-0.2, -0.15) is 0 Å². The van der Waals surface area contributed by atoms with Gasteiger partial charge < -0.3 is 16.5 Å². The fraction of sp³-hybridized carbons (Fsp3) is 0.375. The zero-order valence-electron chi connectivity index (χ0n) is 12.1. The first kappa shape index (κ1) is 16.1. The lowest BCUT2D eigenvalue weighted by molar-refractivity contribution is 0.112. The molecule has 1 atom stereocenters. The molecule has 20 heavy (non-hydrogen) atoms. The standard InChI is InChI=1S/C16H23N3O/c1-12(2)10-19-16(15(8-17)9-18)7-13-5-3-4-6-14(13)11-20/h3-6,8-9,11-12,16-17,19H,7,10,18H2,1-2H3/b15-9+,17-8?/t16-/m0/s1. The van der Waals surface area contributed by atoms with Crippen LogP contribution in [0.3, 0.4) is 0 Å². The lowest BCUT2D eigenvalue weighted by Gasteiger charge is -2.21. The van der Waals surface area contributed by atoms with E-state index in [0.29, 0.717) is 17.9 Å². The first-order chi connectivity index (χ1) is 9.62. The van der Waals surface area contributed by atoms with Crippen molar-refractivity contribution in [1.82, 2.24) is 5.32 Å². The normalized spacial score (nSPS) is 13.2. The van der Waals surface area contributed by atoms with Crippen molar-refractivity contribution in [1.29, 1.82) is 5.41 Å². The van der Waals surface area contributed by atoms with Gasteiger partial charge in [0.2, 0.25) is 0 Å². The van der Waals surface area contributed by atoms with Gasteiger partial charge in [-0.05, 0) is 24.4 Å². The highest BCUT2D eigenvalue weighted by molar-refractivity contribution is 5.79. The van der Waals surface area contributed by atoms with Gasteiger partial charge in [0.15, 0.2) is 0 Å². The number of carbonyl (C=O) groups is 1. The molecule has 4 N–H and O–H groups in total. The molecule has 0 radical (unpaired) electrons. The largest absolute Gasteiger partial charge is 0.404 e. The van der Waals surface area contributed by atoms with Crippen LogP contribution in [-0.4, -0.2) is 25.1 Å². The predicted molar refractivity (Wildman–Crippen MR) is 83.2 cm³/mol. The van der Waals surface area contributed by atoms with Gasteiger partial charge in [0, 0.05) is 29.6 Å². The maximum atomic E-state index is 11.1. The third-order valence-corrected chi connectivity index (χ3v) is 3.14. The third kappa shape index (κ3) is 4.63. The predicted octanol–water partition coefficient (Wildman–Crippen LogP) is 2.15. The molecule has 0 heterocycles. The molecule has 4 nitrogen and oxygen atoms in total. The average Bonchev–Trinajstić information content (AvgIpc) is 2.46. The van der Waals surface area contributed by atoms with Crippen molar-refractivity contribution in [2.45, 2.75) is 26.3 Å². The van der Waals surface area contributed by atoms with E-state index in [0.717, 1.165) is 24.0 Å². The van der Waals surface area contributed by atoms with Crippen molar-refractivity contribution in [3.63, 3.8) is 0 Å². The number of rotatable bonds is 8. The van der Waals surface area contributed by atoms with Gasteiger partial charge >= 0.3 is 0 Å². The molecule has 0 saturated carbocycles. The van der Waals surface area contributed by atoms with Crippen molar-refractivity contribution in [3.05, 3.63) is 47.2 Å². The van der Waals surface area contributed by atoms with Crippen molar-refractivity contribution in [2.75, 3.05) is 6.54 Å². The highest BCUT2D eigenvalue weighted by atomic mass is 16.1. The van der Waals surface area contributed by atoms with E-state index in [1.807, 2.05) is 18.2 Å². The molecular weight excluding hydrogens is 250 g/mol. The van der Waals surface area contributed by atoms with Gasteiger partial charge in [0.1, 0.15) is 6.29 Å². The van der Waals surface area contributed by atoms with Crippen LogP contribution in [-0.2, 0) is 6.42 Å². The maximum absolute atomic E-state index is 11.1. The molecule has 0 aliphatic heterocycles. The molecule has 108 valence electrons. The summed E-state index contributed by atoms with van der Waals surface area (Å²) in [5.41, 5.74) is 7.97. The van der Waals surface area contributed by atoms with E-state index in [2.05, 4.69) is 19.2 Å². The quantitative estimate of drug-likeness (QED) is 0.501. The molecule has 1 aromatic rings. The summed E-state index contributed by atoms with van der Waals surface area (Å²) in [6, 6.07) is 7.45. The van der Waals surface area contributed by atoms with Crippen LogP contribution in [0.25, 0.3) is 0 Å². The lowest BCUT2D eigenvalue weighted by Crippen LogP contribution is -2.36. The second-order valence-corrected chi connectivity index (χ2v) is 5.19. The van der Waals surface area contributed by atoms with Crippen LogP contribution in [0.2, 0.25) is 0 Å². The molecule has 1 rings (SSSR count). The Morgan fingerprint density at radius 3 is 2.65 bits per heavy atom. The van der Waals surface area contributed by atoms with Gasteiger partial charge in [0.25, 0.3) is 0 Å². The molecule has 0 bridgehead atoms. The second kappa shape index (κ2) is 8.27. The van der Waals surface area contributed by atoms with Gasteiger partial charge in [0.05, 0.1) is 0 Å².